The Labute approximate surface area is 293 Å². The molecule has 0 saturated heterocycles. The molecule has 0 spiro atoms. The largest absolute Gasteiger partial charge is 1.00 e. The van der Waals surface area contributed by atoms with Crippen LogP contribution in [0.2, 0.25) is 0 Å². The van der Waals surface area contributed by atoms with E-state index in [0.717, 1.165) is 6.92 Å². The molecule has 0 aromatic heterocycles. The number of sulfonamides is 1. The Bertz CT molecular complexity index is 1840. The zero-order chi connectivity index (χ0) is 34.7. The number of Topliss-reactive ketones (excluding diaryl/α,β-unsaturated/α-hetero) is 2. The van der Waals surface area contributed by atoms with E-state index >= 15 is 0 Å². The van der Waals surface area contributed by atoms with Crippen LogP contribution in [0.4, 0.5) is 5.69 Å². The maximum absolute atomic E-state index is 13.7. The van der Waals surface area contributed by atoms with Gasteiger partial charge in [0.1, 0.15) is 22.8 Å². The van der Waals surface area contributed by atoms with Gasteiger partial charge in [0.05, 0.1) is 22.1 Å². The van der Waals surface area contributed by atoms with Crippen molar-refractivity contribution in [3.63, 3.8) is 0 Å². The van der Waals surface area contributed by atoms with E-state index in [-0.39, 0.29) is 53.4 Å². The van der Waals surface area contributed by atoms with Crippen LogP contribution in [0, 0.1) is 11.8 Å². The third-order valence-corrected chi connectivity index (χ3v) is 9.94. The fourth-order valence-electron chi connectivity index (χ4n) is 6.40. The number of hydrogen-bond donors (Lipinski definition) is 8. The Hall–Kier alpha value is -3.77. The quantitative estimate of drug-likeness (QED) is 0.0900. The van der Waals surface area contributed by atoms with E-state index in [1.165, 1.54) is 68.4 Å². The number of hydrogen-bond acceptors (Lipinski definition) is 13. The standard InChI is InChI=1S/C22H24N2O8.C8H10N2O3S.Na.H/c1-21(31)8-5-4-6-11(25)12(8)16(26)13-9(21)7-10-15(24(2)3)17(27)14(20(23)30)19(29)22(10,32)18(13)28;1-6(11)10-14(12,13)8-4-2-7(9)3-5-8;;/h4-6,9-10,15,25-26,29,31-32H,7H2,1-3H3,(H2,23,30);2-5H,9H2,1H3,(H,10,11);;/q;;+1;-1/t9-,10-,15-,21+,22-;;;/m0.../s1. The molecule has 1 saturated carbocycles. The molecule has 5 atom stereocenters. The van der Waals surface area contributed by atoms with Crippen molar-refractivity contribution in [2.45, 2.75) is 42.4 Å². The molecule has 17 heteroatoms. The van der Waals surface area contributed by atoms with Gasteiger partial charge in [-0.1, -0.05) is 12.1 Å². The van der Waals surface area contributed by atoms with Crippen molar-refractivity contribution in [2.24, 2.45) is 17.6 Å². The van der Waals surface area contributed by atoms with Crippen molar-refractivity contribution < 1.29 is 84.1 Å². The molecule has 15 nitrogen and oxygen atoms in total. The number of carbonyl (C=O) groups is 4. The van der Waals surface area contributed by atoms with Crippen LogP contribution in [0.5, 0.6) is 5.75 Å². The Morgan fingerprint density at radius 3 is 2.13 bits per heavy atom. The second-order valence-corrected chi connectivity index (χ2v) is 13.4. The van der Waals surface area contributed by atoms with Gasteiger partial charge in [0.2, 0.25) is 11.7 Å². The molecule has 2 aromatic carbocycles. The smallest absolute Gasteiger partial charge is 1.00 e. The topological polar surface area (TPSA) is 271 Å². The van der Waals surface area contributed by atoms with Gasteiger partial charge < -0.3 is 38.4 Å². The number of anilines is 1. The number of nitrogens with two attached hydrogens (primary N) is 2. The number of aliphatic hydroxyl groups is 4. The molecule has 0 heterocycles. The van der Waals surface area contributed by atoms with E-state index in [1.807, 2.05) is 4.72 Å². The number of aromatic hydroxyl groups is 1. The summed E-state index contributed by atoms with van der Waals surface area (Å²) in [6.07, 6.45) is -0.200. The van der Waals surface area contributed by atoms with Gasteiger partial charge in [-0.2, -0.15) is 0 Å². The minimum absolute atomic E-state index is 0. The summed E-state index contributed by atoms with van der Waals surface area (Å²) in [6.45, 7) is 2.54. The third-order valence-electron chi connectivity index (χ3n) is 8.49. The van der Waals surface area contributed by atoms with Gasteiger partial charge in [-0.15, -0.1) is 0 Å². The molecule has 0 aliphatic heterocycles. The summed E-state index contributed by atoms with van der Waals surface area (Å²) < 4.78 is 24.6. The molecule has 5 rings (SSSR count). The van der Waals surface area contributed by atoms with Gasteiger partial charge in [0, 0.05) is 30.0 Å². The molecule has 0 unspecified atom stereocenters. The summed E-state index contributed by atoms with van der Waals surface area (Å²) in [5.41, 5.74) is 5.31. The Balaban J connectivity index is 0.000000425. The Kier molecular flexibility index (Phi) is 10.4. The summed E-state index contributed by atoms with van der Waals surface area (Å²) in [5, 5.41) is 54.9. The number of primary amides is 1. The van der Waals surface area contributed by atoms with Crippen LogP contribution in [-0.4, -0.2) is 88.0 Å². The number of benzene rings is 2. The number of phenolic OH excluding ortho intramolecular Hbond substituents is 1. The number of phenols is 1. The zero-order valence-corrected chi connectivity index (χ0v) is 29.0. The van der Waals surface area contributed by atoms with Gasteiger partial charge in [0.15, 0.2) is 11.4 Å². The van der Waals surface area contributed by atoms with Crippen LogP contribution in [0.15, 0.2) is 64.3 Å². The summed E-state index contributed by atoms with van der Waals surface area (Å²) >= 11 is 0. The van der Waals surface area contributed by atoms with Crippen LogP contribution in [0.3, 0.4) is 0 Å². The molecule has 3 aliphatic rings. The molecule has 0 bridgehead atoms. The second kappa shape index (κ2) is 13.0. The first kappa shape index (κ1) is 37.7. The first-order chi connectivity index (χ1) is 21.2. The monoisotopic (exact) mass is 682 g/mol. The van der Waals surface area contributed by atoms with Crippen molar-refractivity contribution in [2.75, 3.05) is 19.8 Å². The number of fused-ring (bicyclic) bond motifs is 3. The summed E-state index contributed by atoms with van der Waals surface area (Å²) in [5.74, 6) is -8.52. The van der Waals surface area contributed by atoms with Crippen molar-refractivity contribution >= 4 is 44.9 Å². The van der Waals surface area contributed by atoms with Gasteiger partial charge in [-0.25, -0.2) is 13.1 Å². The predicted molar refractivity (Wildman–Crippen MR) is 163 cm³/mol. The van der Waals surface area contributed by atoms with Crippen LogP contribution in [0.1, 0.15) is 32.8 Å². The molecule has 248 valence electrons. The van der Waals surface area contributed by atoms with Crippen molar-refractivity contribution in [3.05, 3.63) is 70.5 Å². The van der Waals surface area contributed by atoms with Crippen LogP contribution in [-0.2, 0) is 34.8 Å². The minimum atomic E-state index is -3.73. The van der Waals surface area contributed by atoms with E-state index in [2.05, 4.69) is 0 Å². The van der Waals surface area contributed by atoms with Gasteiger partial charge >= 0.3 is 29.6 Å². The summed E-state index contributed by atoms with van der Waals surface area (Å²) in [4.78, 5) is 50.6. The van der Waals surface area contributed by atoms with Gasteiger partial charge in [-0.3, -0.25) is 24.1 Å². The number of nitrogen functional groups attached to an aromatic ring is 1. The SMILES string of the molecule is CC(=O)NS(=O)(=O)c1ccc(N)cc1.CN(C)[C@@H]1C(=O)C(C(N)=O)=C(O)[C@@]2(O)C(=O)C3=C(O)c4c(O)cccc4[C@@](C)(O)[C@H]3C[C@@H]12.[H-].[Na+]. The number of nitrogens with zero attached hydrogens (tertiary/aromatic N) is 1. The predicted octanol–water partition coefficient (Wildman–Crippen LogP) is -3.16. The maximum Gasteiger partial charge on any atom is 1.00 e. The molecular formula is C30H35N4NaO11S. The molecule has 0 radical (unpaired) electrons. The molecule has 47 heavy (non-hydrogen) atoms. The summed E-state index contributed by atoms with van der Waals surface area (Å²) in [6, 6.07) is 8.59. The number of likely N-dealkylation sites (N-methyl/N-ethyl adjacent to an activating group) is 1. The minimum Gasteiger partial charge on any atom is -1.00 e. The maximum atomic E-state index is 13.7. The second-order valence-electron chi connectivity index (χ2n) is 11.7. The number of aliphatic hydroxyl groups excluding tert-OH is 2. The Morgan fingerprint density at radius 2 is 1.62 bits per heavy atom. The average molecular weight is 683 g/mol. The van der Waals surface area contributed by atoms with E-state index in [1.54, 1.807) is 0 Å². The van der Waals surface area contributed by atoms with Crippen LogP contribution >= 0.6 is 0 Å². The normalized spacial score (nSPS) is 26.7. The number of carbonyl (C=O) groups excluding carboxylic acids is 4. The molecule has 2 amide bonds. The zero-order valence-electron chi connectivity index (χ0n) is 27.2. The number of rotatable bonds is 4. The van der Waals surface area contributed by atoms with Crippen LogP contribution < -0.4 is 45.7 Å². The van der Waals surface area contributed by atoms with Crippen molar-refractivity contribution in [1.29, 1.82) is 0 Å². The molecule has 2 aromatic rings. The molecule has 1 fully saturated rings. The molecular weight excluding hydrogens is 647 g/mol. The Morgan fingerprint density at radius 1 is 1.04 bits per heavy atom. The number of amides is 2. The van der Waals surface area contributed by atoms with Gasteiger partial charge in [0.25, 0.3) is 15.9 Å². The number of ketones is 2. The molecule has 3 aliphatic carbocycles. The first-order valence-electron chi connectivity index (χ1n) is 13.8. The third kappa shape index (κ3) is 6.17. The number of nitrogens with one attached hydrogen (secondary N) is 1. The van der Waals surface area contributed by atoms with E-state index in [0.29, 0.717) is 5.69 Å². The first-order valence-corrected chi connectivity index (χ1v) is 15.3. The average Bonchev–Trinajstić information content (AvgIpc) is 2.93. The molecule has 10 N–H and O–H groups in total. The van der Waals surface area contributed by atoms with Crippen LogP contribution in [0.25, 0.3) is 5.76 Å². The summed E-state index contributed by atoms with van der Waals surface area (Å²) in [7, 11) is -0.724. The fraction of sp³-hybridized carbons (Fsp3) is 0.333. The van der Waals surface area contributed by atoms with E-state index in [4.69, 9.17) is 11.5 Å². The van der Waals surface area contributed by atoms with Crippen molar-refractivity contribution in [3.8, 4) is 5.75 Å². The van der Waals surface area contributed by atoms with Gasteiger partial charge in [-0.05, 0) is 63.3 Å². The fourth-order valence-corrected chi connectivity index (χ4v) is 7.39. The van der Waals surface area contributed by atoms with E-state index < -0.39 is 90.9 Å². The van der Waals surface area contributed by atoms with E-state index in [9.17, 15) is 53.1 Å². The van der Waals surface area contributed by atoms with Crippen molar-refractivity contribution in [1.82, 2.24) is 9.62 Å².